The minimum Gasteiger partial charge on any atom is -0.367 e. The maximum Gasteiger partial charge on any atom is 0.263 e. The first-order valence-corrected chi connectivity index (χ1v) is 11.1. The van der Waals surface area contributed by atoms with E-state index in [1.807, 2.05) is 6.07 Å². The van der Waals surface area contributed by atoms with Crippen LogP contribution < -0.4 is 16.2 Å². The minimum atomic E-state index is -3.90. The highest BCUT2D eigenvalue weighted by Crippen LogP contribution is 2.30. The number of hydrogen-bond donors (Lipinski definition) is 3. The summed E-state index contributed by atoms with van der Waals surface area (Å²) in [5, 5.41) is 21.0. The number of hydrogen-bond acceptors (Lipinski definition) is 7. The highest BCUT2D eigenvalue weighted by Gasteiger charge is 2.23. The number of nitrogen functional groups attached to an aromatic ring is 1. The molecule has 164 valence electrons. The number of primary sulfonamides is 1. The molecular formula is C23H17N5O4S. The smallest absolute Gasteiger partial charge is 0.263 e. The van der Waals surface area contributed by atoms with Crippen molar-refractivity contribution < 1.29 is 17.7 Å². The first kappa shape index (κ1) is 21.8. The van der Waals surface area contributed by atoms with Crippen molar-refractivity contribution in [3.8, 4) is 28.5 Å². The summed E-state index contributed by atoms with van der Waals surface area (Å²) < 4.78 is 28.8. The molecule has 1 aromatic heterocycles. The van der Waals surface area contributed by atoms with Crippen LogP contribution in [0, 0.1) is 11.3 Å². The fourth-order valence-corrected chi connectivity index (χ4v) is 4.10. The van der Waals surface area contributed by atoms with Crippen molar-refractivity contribution in [1.82, 2.24) is 5.16 Å². The quantitative estimate of drug-likeness (QED) is 0.411. The molecule has 0 aliphatic rings. The van der Waals surface area contributed by atoms with Crippen LogP contribution in [-0.2, 0) is 10.0 Å². The summed E-state index contributed by atoms with van der Waals surface area (Å²) in [6.07, 6.45) is 0. The highest BCUT2D eigenvalue weighted by molar-refractivity contribution is 7.89. The van der Waals surface area contributed by atoms with Gasteiger partial charge in [-0.25, -0.2) is 13.6 Å². The van der Waals surface area contributed by atoms with Gasteiger partial charge in [0, 0.05) is 16.8 Å². The minimum absolute atomic E-state index is 0.00303. The van der Waals surface area contributed by atoms with Gasteiger partial charge in [-0.2, -0.15) is 5.26 Å². The van der Waals surface area contributed by atoms with Crippen LogP contribution in [0.25, 0.3) is 22.4 Å². The van der Waals surface area contributed by atoms with Crippen LogP contribution in [0.4, 0.5) is 11.6 Å². The molecule has 0 aliphatic heterocycles. The Kier molecular flexibility index (Phi) is 5.66. The summed E-state index contributed by atoms with van der Waals surface area (Å²) in [5.41, 5.74) is 8.48. The summed E-state index contributed by atoms with van der Waals surface area (Å²) in [5.74, 6) is -0.715. The van der Waals surface area contributed by atoms with E-state index < -0.39 is 15.9 Å². The molecule has 4 rings (SSSR count). The number of nitrogens with zero attached hydrogens (tertiary/aromatic N) is 2. The van der Waals surface area contributed by atoms with Gasteiger partial charge < -0.3 is 15.6 Å². The zero-order valence-corrected chi connectivity index (χ0v) is 17.8. The molecule has 0 unspecified atom stereocenters. The first-order chi connectivity index (χ1) is 15.8. The fourth-order valence-electron chi connectivity index (χ4n) is 3.34. The summed E-state index contributed by atoms with van der Waals surface area (Å²) in [4.78, 5) is 12.9. The predicted octanol–water partition coefficient (Wildman–Crippen LogP) is 3.36. The Morgan fingerprint density at radius 3 is 2.42 bits per heavy atom. The van der Waals surface area contributed by atoms with Crippen molar-refractivity contribution in [2.45, 2.75) is 4.90 Å². The second kappa shape index (κ2) is 8.58. The van der Waals surface area contributed by atoms with Crippen molar-refractivity contribution in [1.29, 1.82) is 5.26 Å². The van der Waals surface area contributed by atoms with Gasteiger partial charge in [-0.3, -0.25) is 4.79 Å². The molecule has 0 radical (unpaired) electrons. The standard InChI is InChI=1S/C23H17N5O4S/c24-13-14-4-3-5-16(12-14)21-20(22(25)32-28-21)23(29)27-17-10-8-15(9-11-17)18-6-1-2-7-19(18)33(26,30)31/h1-12H,25H2,(H,27,29)(H2,26,30,31). The summed E-state index contributed by atoms with van der Waals surface area (Å²) in [7, 11) is -3.90. The van der Waals surface area contributed by atoms with E-state index in [2.05, 4.69) is 10.5 Å². The zero-order valence-electron chi connectivity index (χ0n) is 17.0. The number of anilines is 2. The molecule has 0 atom stereocenters. The first-order valence-electron chi connectivity index (χ1n) is 9.57. The molecule has 0 saturated carbocycles. The van der Waals surface area contributed by atoms with Crippen LogP contribution in [0.2, 0.25) is 0 Å². The van der Waals surface area contributed by atoms with E-state index in [1.54, 1.807) is 66.7 Å². The number of nitriles is 1. The lowest BCUT2D eigenvalue weighted by molar-refractivity contribution is 0.102. The van der Waals surface area contributed by atoms with E-state index in [4.69, 9.17) is 20.7 Å². The molecule has 0 saturated heterocycles. The lowest BCUT2D eigenvalue weighted by Gasteiger charge is -2.10. The second-order valence-corrected chi connectivity index (χ2v) is 8.57. The zero-order chi connectivity index (χ0) is 23.6. The summed E-state index contributed by atoms with van der Waals surface area (Å²) in [6, 6.07) is 21.5. The van der Waals surface area contributed by atoms with E-state index >= 15 is 0 Å². The van der Waals surface area contributed by atoms with Crippen LogP contribution in [0.5, 0.6) is 0 Å². The molecule has 10 heteroatoms. The number of aromatic nitrogens is 1. The average Bonchev–Trinajstić information content (AvgIpc) is 3.20. The number of rotatable bonds is 5. The Morgan fingerprint density at radius 2 is 1.73 bits per heavy atom. The number of benzene rings is 3. The third-order valence-corrected chi connectivity index (χ3v) is 5.83. The highest BCUT2D eigenvalue weighted by atomic mass is 32.2. The molecule has 3 aromatic carbocycles. The number of amides is 1. The van der Waals surface area contributed by atoms with E-state index in [9.17, 15) is 13.2 Å². The Morgan fingerprint density at radius 1 is 1.00 bits per heavy atom. The van der Waals surface area contributed by atoms with Gasteiger partial charge in [0.25, 0.3) is 5.91 Å². The lowest BCUT2D eigenvalue weighted by Crippen LogP contribution is -2.14. The maximum atomic E-state index is 12.9. The summed E-state index contributed by atoms with van der Waals surface area (Å²) in [6.45, 7) is 0. The third-order valence-electron chi connectivity index (χ3n) is 4.86. The van der Waals surface area contributed by atoms with Crippen LogP contribution >= 0.6 is 0 Å². The van der Waals surface area contributed by atoms with E-state index in [1.165, 1.54) is 6.07 Å². The van der Waals surface area contributed by atoms with Gasteiger partial charge in [-0.15, -0.1) is 0 Å². The van der Waals surface area contributed by atoms with Crippen molar-refractivity contribution >= 4 is 27.5 Å². The van der Waals surface area contributed by atoms with Crippen LogP contribution in [-0.4, -0.2) is 19.5 Å². The second-order valence-electron chi connectivity index (χ2n) is 7.04. The third kappa shape index (κ3) is 4.45. The van der Waals surface area contributed by atoms with E-state index in [0.29, 0.717) is 27.9 Å². The van der Waals surface area contributed by atoms with Gasteiger partial charge in [-0.05, 0) is 35.9 Å². The van der Waals surface area contributed by atoms with Gasteiger partial charge >= 0.3 is 0 Å². The van der Waals surface area contributed by atoms with E-state index in [-0.39, 0.29) is 22.0 Å². The van der Waals surface area contributed by atoms with Gasteiger partial charge in [0.1, 0.15) is 11.3 Å². The summed E-state index contributed by atoms with van der Waals surface area (Å²) >= 11 is 0. The monoisotopic (exact) mass is 459 g/mol. The molecule has 33 heavy (non-hydrogen) atoms. The molecule has 0 spiro atoms. The largest absolute Gasteiger partial charge is 0.367 e. The SMILES string of the molecule is N#Cc1cccc(-c2noc(N)c2C(=O)Nc2ccc(-c3ccccc3S(N)(=O)=O)cc2)c1. The number of nitrogens with two attached hydrogens (primary N) is 2. The van der Waals surface area contributed by atoms with Gasteiger partial charge in [0.05, 0.1) is 16.5 Å². The van der Waals surface area contributed by atoms with Gasteiger partial charge in [0.15, 0.2) is 0 Å². The number of sulfonamides is 1. The molecule has 5 N–H and O–H groups in total. The van der Waals surface area contributed by atoms with Gasteiger partial charge in [0.2, 0.25) is 15.9 Å². The van der Waals surface area contributed by atoms with Crippen molar-refractivity contribution in [2.75, 3.05) is 11.1 Å². The molecule has 1 amide bonds. The fraction of sp³-hybridized carbons (Fsp3) is 0. The molecule has 1 heterocycles. The van der Waals surface area contributed by atoms with Crippen molar-refractivity contribution in [3.05, 3.63) is 83.9 Å². The van der Waals surface area contributed by atoms with E-state index in [0.717, 1.165) is 0 Å². The van der Waals surface area contributed by atoms with Gasteiger partial charge in [-0.1, -0.05) is 47.6 Å². The Hall–Kier alpha value is -4.46. The molecule has 0 aliphatic carbocycles. The number of nitrogens with one attached hydrogen (secondary N) is 1. The Bertz CT molecular complexity index is 1500. The Balaban J connectivity index is 1.62. The van der Waals surface area contributed by atoms with Crippen LogP contribution in [0.1, 0.15) is 15.9 Å². The molecule has 0 fully saturated rings. The van der Waals surface area contributed by atoms with Crippen LogP contribution in [0.15, 0.2) is 82.2 Å². The van der Waals surface area contributed by atoms with Crippen molar-refractivity contribution in [3.63, 3.8) is 0 Å². The number of carbonyl (C=O) groups excluding carboxylic acids is 1. The molecular weight excluding hydrogens is 442 g/mol. The maximum absolute atomic E-state index is 12.9. The lowest BCUT2D eigenvalue weighted by atomic mass is 10.0. The number of carbonyl (C=O) groups is 1. The molecule has 4 aromatic rings. The Labute approximate surface area is 189 Å². The predicted molar refractivity (Wildman–Crippen MR) is 122 cm³/mol. The topological polar surface area (TPSA) is 165 Å². The molecule has 0 bridgehead atoms. The van der Waals surface area contributed by atoms with Crippen LogP contribution in [0.3, 0.4) is 0 Å². The molecule has 9 nitrogen and oxygen atoms in total. The normalized spacial score (nSPS) is 11.0. The van der Waals surface area contributed by atoms with Crippen molar-refractivity contribution in [2.24, 2.45) is 5.14 Å². The average molecular weight is 459 g/mol.